The van der Waals surface area contributed by atoms with E-state index >= 15 is 0 Å². The summed E-state index contributed by atoms with van der Waals surface area (Å²) in [5.41, 5.74) is 0.0334. The van der Waals surface area contributed by atoms with Gasteiger partial charge in [-0.3, -0.25) is 9.59 Å². The average molecular weight is 399 g/mol. The highest BCUT2D eigenvalue weighted by atomic mass is 16.7. The first-order valence-electron chi connectivity index (χ1n) is 10.3. The molecule has 0 spiro atoms. The summed E-state index contributed by atoms with van der Waals surface area (Å²) < 4.78 is 10.6. The number of hydrogen-bond donors (Lipinski definition) is 3. The monoisotopic (exact) mass is 399 g/mol. The lowest BCUT2D eigenvalue weighted by atomic mass is 9.95. The van der Waals surface area contributed by atoms with Gasteiger partial charge in [0, 0.05) is 30.5 Å². The van der Waals surface area contributed by atoms with Crippen LogP contribution in [0.15, 0.2) is 18.2 Å². The Morgan fingerprint density at radius 2 is 1.90 bits per heavy atom. The number of amides is 2. The number of nitrogens with one attached hydrogen (secondary N) is 3. The number of piperidine rings is 1. The Bertz CT molecular complexity index is 820. The molecule has 1 aromatic rings. The van der Waals surface area contributed by atoms with Gasteiger partial charge in [-0.2, -0.15) is 5.26 Å². The van der Waals surface area contributed by atoms with Crippen molar-refractivity contribution in [3.05, 3.63) is 18.2 Å². The number of anilines is 1. The van der Waals surface area contributed by atoms with Gasteiger partial charge in [0.05, 0.1) is 19.2 Å². The number of quaternary nitrogens is 1. The summed E-state index contributed by atoms with van der Waals surface area (Å²) in [5, 5.41) is 15.3. The molecule has 2 aliphatic heterocycles. The third-order valence-corrected chi connectivity index (χ3v) is 6.16. The van der Waals surface area contributed by atoms with E-state index in [1.807, 2.05) is 6.07 Å². The van der Waals surface area contributed by atoms with E-state index in [2.05, 4.69) is 16.7 Å². The summed E-state index contributed by atoms with van der Waals surface area (Å²) in [6, 6.07) is 7.68. The zero-order valence-corrected chi connectivity index (χ0v) is 16.5. The molecule has 0 radical (unpaired) electrons. The number of benzene rings is 1. The standard InChI is InChI=1S/C21H26N4O4/c22-13-21(7-1-2-8-21)24-19(26)12-25-9-5-15(6-10-25)20(27)23-16-3-4-17-18(11-16)29-14-28-17/h3-4,11,15H,1-2,5-10,12,14H2,(H,23,27)(H,24,26)/p+1. The smallest absolute Gasteiger partial charge is 0.276 e. The quantitative estimate of drug-likeness (QED) is 0.673. The third-order valence-electron chi connectivity index (χ3n) is 6.16. The van der Waals surface area contributed by atoms with E-state index < -0.39 is 5.54 Å². The van der Waals surface area contributed by atoms with Gasteiger partial charge >= 0.3 is 0 Å². The topological polar surface area (TPSA) is 105 Å². The number of ether oxygens (including phenoxy) is 2. The largest absolute Gasteiger partial charge is 0.454 e. The lowest BCUT2D eigenvalue weighted by Crippen LogP contribution is -3.14. The Hall–Kier alpha value is -2.79. The number of carbonyl (C=O) groups excluding carboxylic acids is 2. The van der Waals surface area contributed by atoms with Gasteiger partial charge in [0.15, 0.2) is 18.0 Å². The van der Waals surface area contributed by atoms with Crippen LogP contribution in [-0.4, -0.2) is 43.8 Å². The van der Waals surface area contributed by atoms with Crippen molar-refractivity contribution >= 4 is 17.5 Å². The predicted molar refractivity (Wildman–Crippen MR) is 104 cm³/mol. The van der Waals surface area contributed by atoms with Crippen LogP contribution in [0.3, 0.4) is 0 Å². The first-order chi connectivity index (χ1) is 14.1. The number of nitriles is 1. The predicted octanol–water partition coefficient (Wildman–Crippen LogP) is 0.601. The van der Waals surface area contributed by atoms with Gasteiger partial charge in [0.1, 0.15) is 5.54 Å². The summed E-state index contributed by atoms with van der Waals surface area (Å²) in [5.74, 6) is 1.21. The van der Waals surface area contributed by atoms with Crippen LogP contribution in [0.5, 0.6) is 11.5 Å². The van der Waals surface area contributed by atoms with E-state index in [9.17, 15) is 14.9 Å². The number of likely N-dealkylation sites (tertiary alicyclic amines) is 1. The summed E-state index contributed by atoms with van der Waals surface area (Å²) in [4.78, 5) is 26.2. The zero-order chi connectivity index (χ0) is 20.3. The second-order valence-electron chi connectivity index (χ2n) is 8.21. The van der Waals surface area contributed by atoms with Gasteiger partial charge in [-0.1, -0.05) is 0 Å². The molecule has 3 N–H and O–H groups in total. The number of carbonyl (C=O) groups is 2. The van der Waals surface area contributed by atoms with Crippen molar-refractivity contribution in [3.8, 4) is 17.6 Å². The fraction of sp³-hybridized carbons (Fsp3) is 0.571. The molecule has 1 saturated heterocycles. The van der Waals surface area contributed by atoms with Crippen LogP contribution < -0.4 is 25.0 Å². The van der Waals surface area contributed by atoms with Gasteiger partial charge in [-0.05, 0) is 37.8 Å². The van der Waals surface area contributed by atoms with Gasteiger partial charge in [-0.25, -0.2) is 0 Å². The van der Waals surface area contributed by atoms with Crippen LogP contribution in [0, 0.1) is 17.2 Å². The molecule has 0 aromatic heterocycles. The van der Waals surface area contributed by atoms with Crippen LogP contribution in [-0.2, 0) is 9.59 Å². The van der Waals surface area contributed by atoms with Crippen LogP contribution in [0.4, 0.5) is 5.69 Å². The van der Waals surface area contributed by atoms with Crippen LogP contribution in [0.2, 0.25) is 0 Å². The van der Waals surface area contributed by atoms with E-state index in [1.165, 1.54) is 4.90 Å². The highest BCUT2D eigenvalue weighted by Gasteiger charge is 2.36. The average Bonchev–Trinajstić information content (AvgIpc) is 3.38. The van der Waals surface area contributed by atoms with Crippen molar-refractivity contribution in [2.24, 2.45) is 5.92 Å². The van der Waals surface area contributed by atoms with E-state index in [4.69, 9.17) is 9.47 Å². The van der Waals surface area contributed by atoms with E-state index in [0.29, 0.717) is 23.7 Å². The van der Waals surface area contributed by atoms with Crippen LogP contribution in [0.25, 0.3) is 0 Å². The number of hydrogen-bond acceptors (Lipinski definition) is 5. The van der Waals surface area contributed by atoms with Crippen LogP contribution >= 0.6 is 0 Å². The Balaban J connectivity index is 1.23. The molecule has 2 heterocycles. The lowest BCUT2D eigenvalue weighted by molar-refractivity contribution is -0.897. The second-order valence-corrected chi connectivity index (χ2v) is 8.21. The number of fused-ring (bicyclic) bond motifs is 1. The molecule has 2 amide bonds. The minimum absolute atomic E-state index is 0.00163. The Kier molecular flexibility index (Phi) is 5.58. The molecule has 8 heteroatoms. The molecular formula is C21H27N4O4+. The number of nitrogens with zero attached hydrogens (tertiary/aromatic N) is 1. The molecule has 8 nitrogen and oxygen atoms in total. The molecule has 1 aromatic carbocycles. The molecule has 2 fully saturated rings. The highest BCUT2D eigenvalue weighted by Crippen LogP contribution is 2.34. The molecule has 1 saturated carbocycles. The van der Waals surface area contributed by atoms with E-state index in [0.717, 1.165) is 51.6 Å². The Morgan fingerprint density at radius 3 is 2.62 bits per heavy atom. The molecule has 3 aliphatic rings. The van der Waals surface area contributed by atoms with Crippen molar-refractivity contribution in [2.75, 3.05) is 31.7 Å². The van der Waals surface area contributed by atoms with Gasteiger partial charge < -0.3 is 25.0 Å². The summed E-state index contributed by atoms with van der Waals surface area (Å²) in [7, 11) is 0. The van der Waals surface area contributed by atoms with Gasteiger partial charge in [-0.15, -0.1) is 0 Å². The van der Waals surface area contributed by atoms with E-state index in [1.54, 1.807) is 12.1 Å². The second kappa shape index (κ2) is 8.29. The summed E-state index contributed by atoms with van der Waals surface area (Å²) in [6.07, 6.45) is 4.94. The molecule has 1 aliphatic carbocycles. The molecule has 4 rings (SSSR count). The molecule has 154 valence electrons. The maximum atomic E-state index is 12.6. The lowest BCUT2D eigenvalue weighted by Gasteiger charge is -2.29. The maximum Gasteiger partial charge on any atom is 0.276 e. The molecular weight excluding hydrogens is 372 g/mol. The third kappa shape index (κ3) is 4.46. The fourth-order valence-corrected chi connectivity index (χ4v) is 4.47. The summed E-state index contributed by atoms with van der Waals surface area (Å²) in [6.45, 7) is 2.11. The zero-order valence-electron chi connectivity index (χ0n) is 16.5. The van der Waals surface area contributed by atoms with Gasteiger partial charge in [0.25, 0.3) is 5.91 Å². The maximum absolute atomic E-state index is 12.6. The molecule has 0 bridgehead atoms. The minimum Gasteiger partial charge on any atom is -0.454 e. The van der Waals surface area contributed by atoms with E-state index in [-0.39, 0.29) is 24.5 Å². The molecule has 29 heavy (non-hydrogen) atoms. The van der Waals surface area contributed by atoms with Crippen molar-refractivity contribution < 1.29 is 24.0 Å². The molecule has 0 atom stereocenters. The first-order valence-corrected chi connectivity index (χ1v) is 10.3. The van der Waals surface area contributed by atoms with Crippen LogP contribution in [0.1, 0.15) is 38.5 Å². The van der Waals surface area contributed by atoms with Crippen molar-refractivity contribution in [1.29, 1.82) is 5.26 Å². The van der Waals surface area contributed by atoms with Crippen molar-refractivity contribution in [2.45, 2.75) is 44.1 Å². The fourth-order valence-electron chi connectivity index (χ4n) is 4.47. The summed E-state index contributed by atoms with van der Waals surface area (Å²) >= 11 is 0. The minimum atomic E-state index is -0.667. The number of rotatable bonds is 5. The Labute approximate surface area is 170 Å². The Morgan fingerprint density at radius 1 is 1.17 bits per heavy atom. The highest BCUT2D eigenvalue weighted by molar-refractivity contribution is 5.93. The van der Waals surface area contributed by atoms with Crippen molar-refractivity contribution in [1.82, 2.24) is 5.32 Å². The SMILES string of the molecule is N#CC1(NC(=O)C[NH+]2CCC(C(=O)Nc3ccc4c(c3)OCO4)CC2)CCCC1. The first kappa shape index (κ1) is 19.5. The molecule has 0 unspecified atom stereocenters. The normalized spacial score (nSPS) is 24.5. The van der Waals surface area contributed by atoms with Gasteiger partial charge in [0.2, 0.25) is 12.7 Å². The van der Waals surface area contributed by atoms with Crippen molar-refractivity contribution in [3.63, 3.8) is 0 Å².